The lowest BCUT2D eigenvalue weighted by Gasteiger charge is -2.22. The number of nitrogens with two attached hydrogens (primary N) is 1. The molecule has 3 N–H and O–H groups in total. The van der Waals surface area contributed by atoms with Crippen molar-refractivity contribution in [2.75, 3.05) is 18.8 Å². The van der Waals surface area contributed by atoms with Gasteiger partial charge in [-0.3, -0.25) is 0 Å². The molecular weight excluding hydrogens is 293 g/mol. The van der Waals surface area contributed by atoms with Crippen molar-refractivity contribution in [2.45, 2.75) is 18.8 Å². The monoisotopic (exact) mass is 311 g/mol. The number of anilines is 1. The highest BCUT2D eigenvalue weighted by Crippen LogP contribution is 2.26. The number of halogens is 1. The summed E-state index contributed by atoms with van der Waals surface area (Å²) in [6.07, 6.45) is 2.27. The van der Waals surface area contributed by atoms with E-state index in [0.717, 1.165) is 48.5 Å². The summed E-state index contributed by atoms with van der Waals surface area (Å²) < 4.78 is 14.7. The van der Waals surface area contributed by atoms with Gasteiger partial charge in [0.1, 0.15) is 11.6 Å². The Morgan fingerprint density at radius 2 is 2.04 bits per heavy atom. The average Bonchev–Trinajstić information content (AvgIpc) is 3.01. The van der Waals surface area contributed by atoms with Crippen LogP contribution in [0.5, 0.6) is 0 Å². The maximum absolute atomic E-state index is 13.1. The van der Waals surface area contributed by atoms with Crippen molar-refractivity contribution in [1.82, 2.24) is 19.9 Å². The number of nitrogens with zero attached hydrogens (tertiary/aromatic N) is 3. The third-order valence-electron chi connectivity index (χ3n) is 4.33. The van der Waals surface area contributed by atoms with Crippen LogP contribution in [0.15, 0.2) is 36.4 Å². The van der Waals surface area contributed by atoms with E-state index in [2.05, 4.69) is 10.4 Å². The minimum atomic E-state index is -0.262. The number of nitrogens with one attached hydrogen (secondary N) is 1. The van der Waals surface area contributed by atoms with E-state index in [1.54, 1.807) is 16.6 Å². The van der Waals surface area contributed by atoms with Crippen molar-refractivity contribution in [2.24, 2.45) is 0 Å². The van der Waals surface area contributed by atoms with E-state index in [9.17, 15) is 4.39 Å². The molecule has 1 aliphatic rings. The zero-order valence-electron chi connectivity index (χ0n) is 12.7. The Bertz CT molecular complexity index is 834. The molecule has 0 saturated carbocycles. The van der Waals surface area contributed by atoms with E-state index >= 15 is 0 Å². The van der Waals surface area contributed by atoms with E-state index in [-0.39, 0.29) is 5.82 Å². The van der Waals surface area contributed by atoms with Gasteiger partial charge in [0.25, 0.3) is 0 Å². The highest BCUT2D eigenvalue weighted by Gasteiger charge is 2.18. The van der Waals surface area contributed by atoms with Crippen LogP contribution in [0.4, 0.5) is 10.2 Å². The lowest BCUT2D eigenvalue weighted by molar-refractivity contribution is 0.455. The topological polar surface area (TPSA) is 68.2 Å². The van der Waals surface area contributed by atoms with Gasteiger partial charge in [0.2, 0.25) is 0 Å². The SMILES string of the molecule is Nc1cc([C@@H]2CCCNC2)nc2cc(-c3ccc(F)cc3)nn12. The second kappa shape index (κ2) is 5.62. The maximum atomic E-state index is 13.1. The smallest absolute Gasteiger partial charge is 0.158 e. The quantitative estimate of drug-likeness (QED) is 0.763. The fraction of sp³-hybridized carbons (Fsp3) is 0.294. The summed E-state index contributed by atoms with van der Waals surface area (Å²) in [5.74, 6) is 0.700. The minimum Gasteiger partial charge on any atom is -0.384 e. The maximum Gasteiger partial charge on any atom is 0.158 e. The lowest BCUT2D eigenvalue weighted by atomic mass is 9.96. The molecule has 3 heterocycles. The summed E-state index contributed by atoms with van der Waals surface area (Å²) in [5.41, 5.74) is 9.48. The summed E-state index contributed by atoms with van der Waals surface area (Å²) in [7, 11) is 0. The number of nitrogen functional groups attached to an aromatic ring is 1. The Labute approximate surface area is 133 Å². The molecule has 1 aliphatic heterocycles. The Hall–Kier alpha value is -2.47. The van der Waals surface area contributed by atoms with Crippen LogP contribution in [0.25, 0.3) is 16.9 Å². The first kappa shape index (κ1) is 14.1. The van der Waals surface area contributed by atoms with Gasteiger partial charge < -0.3 is 11.1 Å². The Morgan fingerprint density at radius 3 is 2.78 bits per heavy atom. The van der Waals surface area contributed by atoms with Crippen LogP contribution >= 0.6 is 0 Å². The van der Waals surface area contributed by atoms with E-state index in [4.69, 9.17) is 10.7 Å². The number of rotatable bonds is 2. The van der Waals surface area contributed by atoms with Crippen molar-refractivity contribution < 1.29 is 4.39 Å². The van der Waals surface area contributed by atoms with Crippen LogP contribution in [0.3, 0.4) is 0 Å². The van der Waals surface area contributed by atoms with Gasteiger partial charge in [0.05, 0.1) is 11.4 Å². The number of fused-ring (bicyclic) bond motifs is 1. The molecule has 23 heavy (non-hydrogen) atoms. The first-order chi connectivity index (χ1) is 11.2. The highest BCUT2D eigenvalue weighted by atomic mass is 19.1. The Kier molecular flexibility index (Phi) is 3.46. The molecule has 3 aromatic rings. The normalized spacial score (nSPS) is 18.4. The van der Waals surface area contributed by atoms with Crippen LogP contribution in [0, 0.1) is 5.82 Å². The molecular formula is C17H18FN5. The van der Waals surface area contributed by atoms with Gasteiger partial charge in [0, 0.05) is 30.2 Å². The molecule has 0 radical (unpaired) electrons. The predicted octanol–water partition coefficient (Wildman–Crippen LogP) is 2.58. The minimum absolute atomic E-state index is 0.262. The van der Waals surface area contributed by atoms with Gasteiger partial charge in [-0.2, -0.15) is 9.61 Å². The molecule has 0 amide bonds. The number of hydrogen-bond donors (Lipinski definition) is 2. The molecule has 1 atom stereocenters. The molecule has 5 nitrogen and oxygen atoms in total. The molecule has 1 aromatic carbocycles. The third kappa shape index (κ3) is 2.66. The zero-order valence-corrected chi connectivity index (χ0v) is 12.7. The molecule has 0 unspecified atom stereocenters. The second-order valence-electron chi connectivity index (χ2n) is 5.96. The Balaban J connectivity index is 1.75. The zero-order chi connectivity index (χ0) is 15.8. The van der Waals surface area contributed by atoms with Gasteiger partial charge in [-0.25, -0.2) is 9.37 Å². The summed E-state index contributed by atoms with van der Waals surface area (Å²) in [5, 5.41) is 7.89. The molecule has 1 fully saturated rings. The third-order valence-corrected chi connectivity index (χ3v) is 4.33. The molecule has 4 rings (SSSR count). The predicted molar refractivity (Wildman–Crippen MR) is 87.6 cm³/mol. The van der Waals surface area contributed by atoms with Crippen LogP contribution in [-0.2, 0) is 0 Å². The van der Waals surface area contributed by atoms with Crippen LogP contribution < -0.4 is 11.1 Å². The summed E-state index contributed by atoms with van der Waals surface area (Å²) >= 11 is 0. The molecule has 0 spiro atoms. The van der Waals surface area contributed by atoms with Crippen molar-refractivity contribution in [1.29, 1.82) is 0 Å². The second-order valence-corrected chi connectivity index (χ2v) is 5.96. The van der Waals surface area contributed by atoms with Gasteiger partial charge >= 0.3 is 0 Å². The molecule has 0 aliphatic carbocycles. The summed E-state index contributed by atoms with van der Waals surface area (Å²) in [6, 6.07) is 10.1. The highest BCUT2D eigenvalue weighted by molar-refractivity contribution is 5.65. The number of piperidine rings is 1. The van der Waals surface area contributed by atoms with Crippen LogP contribution in [0.2, 0.25) is 0 Å². The van der Waals surface area contributed by atoms with Gasteiger partial charge in [-0.05, 0) is 43.7 Å². The lowest BCUT2D eigenvalue weighted by Crippen LogP contribution is -2.29. The molecule has 0 bridgehead atoms. The van der Waals surface area contributed by atoms with Crippen molar-refractivity contribution in [3.05, 3.63) is 47.9 Å². The first-order valence-corrected chi connectivity index (χ1v) is 7.83. The van der Waals surface area contributed by atoms with Gasteiger partial charge in [-0.15, -0.1) is 0 Å². The van der Waals surface area contributed by atoms with Crippen LogP contribution in [0.1, 0.15) is 24.5 Å². The van der Waals surface area contributed by atoms with Gasteiger partial charge in [0.15, 0.2) is 5.65 Å². The van der Waals surface area contributed by atoms with Crippen molar-refractivity contribution >= 4 is 11.5 Å². The number of benzene rings is 1. The van der Waals surface area contributed by atoms with E-state index in [1.165, 1.54) is 12.1 Å². The molecule has 1 saturated heterocycles. The summed E-state index contributed by atoms with van der Waals surface area (Å²) in [6.45, 7) is 2.00. The average molecular weight is 311 g/mol. The number of aromatic nitrogens is 3. The van der Waals surface area contributed by atoms with Gasteiger partial charge in [-0.1, -0.05) is 0 Å². The Morgan fingerprint density at radius 1 is 1.22 bits per heavy atom. The fourth-order valence-corrected chi connectivity index (χ4v) is 3.09. The molecule has 6 heteroatoms. The standard InChI is InChI=1S/C17H18FN5/c18-13-5-3-11(4-6-13)15-9-17-21-14(8-16(19)23(17)22-15)12-2-1-7-20-10-12/h3-6,8-9,12,20H,1-2,7,10,19H2/t12-/m1/s1. The number of hydrogen-bond acceptors (Lipinski definition) is 4. The van der Waals surface area contributed by atoms with E-state index in [1.807, 2.05) is 12.1 Å². The molecule has 2 aromatic heterocycles. The first-order valence-electron chi connectivity index (χ1n) is 7.83. The van der Waals surface area contributed by atoms with Crippen molar-refractivity contribution in [3.63, 3.8) is 0 Å². The molecule has 118 valence electrons. The fourth-order valence-electron chi connectivity index (χ4n) is 3.09. The van der Waals surface area contributed by atoms with Crippen LogP contribution in [-0.4, -0.2) is 27.7 Å². The van der Waals surface area contributed by atoms with Crippen molar-refractivity contribution in [3.8, 4) is 11.3 Å². The largest absolute Gasteiger partial charge is 0.384 e. The van der Waals surface area contributed by atoms with E-state index < -0.39 is 0 Å². The summed E-state index contributed by atoms with van der Waals surface area (Å²) in [4.78, 5) is 4.73. The van der Waals surface area contributed by atoms with E-state index in [0.29, 0.717) is 11.7 Å².